The van der Waals surface area contributed by atoms with Gasteiger partial charge in [-0.05, 0) is 24.6 Å². The van der Waals surface area contributed by atoms with E-state index < -0.39 is 27.9 Å². The van der Waals surface area contributed by atoms with Crippen LogP contribution in [0.25, 0.3) is 0 Å². The van der Waals surface area contributed by atoms with E-state index >= 15 is 0 Å². The van der Waals surface area contributed by atoms with Crippen LogP contribution in [0.5, 0.6) is 0 Å². The summed E-state index contributed by atoms with van der Waals surface area (Å²) in [6.07, 6.45) is -3.36. The topological polar surface area (TPSA) is 76.0 Å². The van der Waals surface area contributed by atoms with Crippen LogP contribution in [-0.2, 0) is 32.5 Å². The van der Waals surface area contributed by atoms with Crippen molar-refractivity contribution in [2.24, 2.45) is 4.40 Å². The Hall–Kier alpha value is -2.36. The van der Waals surface area contributed by atoms with E-state index in [9.17, 15) is 26.4 Å². The Bertz CT molecular complexity index is 811. The molecule has 0 bridgehead atoms. The number of nitrogens with zero attached hydrogens (tertiary/aromatic N) is 2. The molecule has 0 aromatic heterocycles. The lowest BCUT2D eigenvalue weighted by Crippen LogP contribution is -2.29. The van der Waals surface area contributed by atoms with Gasteiger partial charge in [0, 0.05) is 13.2 Å². The predicted molar refractivity (Wildman–Crippen MR) is 79.1 cm³/mol. The van der Waals surface area contributed by atoms with Gasteiger partial charge < -0.3 is 4.74 Å². The van der Waals surface area contributed by atoms with Crippen molar-refractivity contribution in [1.29, 1.82) is 0 Å². The Morgan fingerprint density at radius 2 is 1.83 bits per heavy atom. The monoisotopic (exact) mass is 362 g/mol. The van der Waals surface area contributed by atoms with Gasteiger partial charge in [-0.3, -0.25) is 4.31 Å². The average Bonchev–Trinajstić information content (AvgIpc) is 2.47. The van der Waals surface area contributed by atoms with E-state index in [1.54, 1.807) is 0 Å². The third-order valence-corrected chi connectivity index (χ3v) is 4.53. The molecular weight excluding hydrogens is 349 g/mol. The highest BCUT2D eigenvalue weighted by atomic mass is 32.2. The van der Waals surface area contributed by atoms with Gasteiger partial charge in [-0.15, -0.1) is 4.40 Å². The van der Waals surface area contributed by atoms with Crippen molar-refractivity contribution in [2.75, 3.05) is 7.05 Å². The minimum absolute atomic E-state index is 0.0227. The number of benzene rings is 1. The molecule has 6 nitrogen and oxygen atoms in total. The molecule has 0 fully saturated rings. The first kappa shape index (κ1) is 18.0. The Morgan fingerprint density at radius 1 is 1.25 bits per heavy atom. The minimum Gasteiger partial charge on any atom is -0.457 e. The van der Waals surface area contributed by atoms with Crippen molar-refractivity contribution in [3.05, 3.63) is 47.2 Å². The van der Waals surface area contributed by atoms with Crippen LogP contribution < -0.4 is 0 Å². The fourth-order valence-corrected chi connectivity index (χ4v) is 2.66. The molecule has 0 radical (unpaired) electrons. The second-order valence-corrected chi connectivity index (χ2v) is 6.64. The standard InChI is InChI=1S/C14H13F3N2O4S/c1-9-12(7-19(2)24(21,22)18-9)13(20)23-8-10-3-5-11(6-4-10)14(15,16)17/h3-7H,8H2,1-2H3. The van der Waals surface area contributed by atoms with Crippen LogP contribution in [0.2, 0.25) is 0 Å². The smallest absolute Gasteiger partial charge is 0.416 e. The lowest BCUT2D eigenvalue weighted by molar-refractivity contribution is -0.140. The van der Waals surface area contributed by atoms with Crippen molar-refractivity contribution >= 4 is 21.9 Å². The van der Waals surface area contributed by atoms with Crippen molar-refractivity contribution in [2.45, 2.75) is 19.7 Å². The summed E-state index contributed by atoms with van der Waals surface area (Å²) in [6, 6.07) is 4.16. The number of alkyl halides is 3. The lowest BCUT2D eigenvalue weighted by atomic mass is 10.1. The highest BCUT2D eigenvalue weighted by Gasteiger charge is 2.30. The fourth-order valence-electron chi connectivity index (χ4n) is 1.85. The molecule has 0 atom stereocenters. The fraction of sp³-hybridized carbons (Fsp3) is 0.286. The zero-order chi connectivity index (χ0) is 18.1. The first-order valence-corrected chi connectivity index (χ1v) is 8.00. The van der Waals surface area contributed by atoms with Gasteiger partial charge in [0.05, 0.1) is 16.8 Å². The molecule has 2 rings (SSSR count). The summed E-state index contributed by atoms with van der Waals surface area (Å²) in [5, 5.41) is 0. The van der Waals surface area contributed by atoms with Gasteiger partial charge in [-0.1, -0.05) is 12.1 Å². The van der Waals surface area contributed by atoms with Crippen molar-refractivity contribution in [1.82, 2.24) is 4.31 Å². The number of hydrogen-bond donors (Lipinski definition) is 0. The summed E-state index contributed by atoms with van der Waals surface area (Å²) >= 11 is 0. The minimum atomic E-state index is -4.44. The molecule has 0 aliphatic carbocycles. The molecule has 1 aromatic carbocycles. The summed E-state index contributed by atoms with van der Waals surface area (Å²) in [4.78, 5) is 12.0. The van der Waals surface area contributed by atoms with Gasteiger partial charge in [0.15, 0.2) is 0 Å². The van der Waals surface area contributed by atoms with Crippen LogP contribution >= 0.6 is 0 Å². The normalized spacial score (nSPS) is 17.1. The van der Waals surface area contributed by atoms with Crippen molar-refractivity contribution < 1.29 is 31.1 Å². The molecule has 1 aliphatic rings. The zero-order valence-corrected chi connectivity index (χ0v) is 13.5. The van der Waals surface area contributed by atoms with E-state index in [1.807, 2.05) is 0 Å². The third-order valence-electron chi connectivity index (χ3n) is 3.19. The van der Waals surface area contributed by atoms with Gasteiger partial charge >= 0.3 is 22.4 Å². The van der Waals surface area contributed by atoms with Crippen molar-refractivity contribution in [3.8, 4) is 0 Å². The highest BCUT2D eigenvalue weighted by molar-refractivity contribution is 7.88. The quantitative estimate of drug-likeness (QED) is 0.773. The Labute approximate surface area is 136 Å². The van der Waals surface area contributed by atoms with Crippen LogP contribution in [0, 0.1) is 0 Å². The molecular formula is C14H13F3N2O4S. The molecule has 24 heavy (non-hydrogen) atoms. The van der Waals surface area contributed by atoms with E-state index in [1.165, 1.54) is 26.1 Å². The second-order valence-electron chi connectivity index (χ2n) is 4.98. The number of halogens is 3. The molecule has 0 saturated heterocycles. The molecule has 0 saturated carbocycles. The number of hydrogen-bond acceptors (Lipinski definition) is 4. The molecule has 1 heterocycles. The molecule has 0 spiro atoms. The predicted octanol–water partition coefficient (Wildman–Crippen LogP) is 2.28. The van der Waals surface area contributed by atoms with Gasteiger partial charge in [0.2, 0.25) is 0 Å². The highest BCUT2D eigenvalue weighted by Crippen LogP contribution is 2.29. The van der Waals surface area contributed by atoms with E-state index in [0.717, 1.165) is 22.6 Å². The summed E-state index contributed by atoms with van der Waals surface area (Å²) in [5.74, 6) is -0.821. The number of ether oxygens (including phenoxy) is 1. The van der Waals surface area contributed by atoms with Gasteiger partial charge in [0.25, 0.3) is 0 Å². The first-order chi connectivity index (χ1) is 11.0. The number of esters is 1. The van der Waals surface area contributed by atoms with Gasteiger partial charge in [-0.25, -0.2) is 4.79 Å². The molecule has 0 amide bonds. The zero-order valence-electron chi connectivity index (χ0n) is 12.7. The first-order valence-electron chi connectivity index (χ1n) is 6.60. The molecule has 0 N–H and O–H groups in total. The number of rotatable bonds is 3. The summed E-state index contributed by atoms with van der Waals surface area (Å²) in [6.45, 7) is 1.09. The Kier molecular flexibility index (Phi) is 4.70. The van der Waals surface area contributed by atoms with Gasteiger partial charge in [-0.2, -0.15) is 21.6 Å². The van der Waals surface area contributed by atoms with Crippen LogP contribution in [0.15, 0.2) is 40.4 Å². The van der Waals surface area contributed by atoms with E-state index in [4.69, 9.17) is 4.74 Å². The number of carbonyl (C=O) groups excluding carboxylic acids is 1. The summed E-state index contributed by atoms with van der Waals surface area (Å²) in [5.41, 5.74) is -0.504. The molecule has 1 aliphatic heterocycles. The van der Waals surface area contributed by atoms with E-state index in [-0.39, 0.29) is 17.9 Å². The maximum atomic E-state index is 12.5. The average molecular weight is 362 g/mol. The maximum Gasteiger partial charge on any atom is 0.416 e. The van der Waals surface area contributed by atoms with Crippen LogP contribution in [0.4, 0.5) is 13.2 Å². The van der Waals surface area contributed by atoms with Crippen LogP contribution in [-0.4, -0.2) is 31.5 Å². The maximum absolute atomic E-state index is 12.5. The Balaban J connectivity index is 2.05. The lowest BCUT2D eigenvalue weighted by Gasteiger charge is -2.19. The van der Waals surface area contributed by atoms with E-state index in [0.29, 0.717) is 5.56 Å². The van der Waals surface area contributed by atoms with Crippen LogP contribution in [0.3, 0.4) is 0 Å². The molecule has 130 valence electrons. The molecule has 0 unspecified atom stereocenters. The third kappa shape index (κ3) is 3.94. The summed E-state index contributed by atoms with van der Waals surface area (Å²) in [7, 11) is -2.62. The second kappa shape index (κ2) is 6.27. The SMILES string of the molecule is CC1=NS(=O)(=O)N(C)C=C1C(=O)OCc1ccc(C(F)(F)F)cc1. The molecule has 1 aromatic rings. The molecule has 10 heteroatoms. The van der Waals surface area contributed by atoms with Gasteiger partial charge in [0.1, 0.15) is 6.61 Å². The largest absolute Gasteiger partial charge is 0.457 e. The van der Waals surface area contributed by atoms with Crippen LogP contribution in [0.1, 0.15) is 18.1 Å². The number of carbonyl (C=O) groups is 1. The summed E-state index contributed by atoms with van der Waals surface area (Å²) < 4.78 is 69.6. The van der Waals surface area contributed by atoms with Crippen molar-refractivity contribution in [3.63, 3.8) is 0 Å². The van der Waals surface area contributed by atoms with E-state index in [2.05, 4.69) is 4.40 Å². The Morgan fingerprint density at radius 3 is 2.38 bits per heavy atom.